The standard InChI is InChI=1S/C10H15NO4/c1-7-8(6-11-3-4-14-2)5-9(15-7)10(12)13/h5,11H,3-4,6H2,1-2H3,(H,12,13). The van der Waals surface area contributed by atoms with Crippen LogP contribution in [0.2, 0.25) is 0 Å². The van der Waals surface area contributed by atoms with Crippen LogP contribution in [-0.2, 0) is 11.3 Å². The number of aryl methyl sites for hydroxylation is 1. The van der Waals surface area contributed by atoms with Gasteiger partial charge in [-0.1, -0.05) is 0 Å². The van der Waals surface area contributed by atoms with Gasteiger partial charge in [0.25, 0.3) is 0 Å². The second kappa shape index (κ2) is 5.53. The highest BCUT2D eigenvalue weighted by Crippen LogP contribution is 2.14. The van der Waals surface area contributed by atoms with Crippen LogP contribution in [0, 0.1) is 6.92 Å². The van der Waals surface area contributed by atoms with Crippen molar-refractivity contribution in [2.24, 2.45) is 0 Å². The highest BCUT2D eigenvalue weighted by Gasteiger charge is 2.12. The number of ether oxygens (including phenoxy) is 1. The van der Waals surface area contributed by atoms with Crippen LogP contribution in [0.5, 0.6) is 0 Å². The molecule has 84 valence electrons. The van der Waals surface area contributed by atoms with Crippen LogP contribution in [0.1, 0.15) is 21.9 Å². The van der Waals surface area contributed by atoms with E-state index in [9.17, 15) is 4.79 Å². The van der Waals surface area contributed by atoms with Crippen molar-refractivity contribution < 1.29 is 19.1 Å². The summed E-state index contributed by atoms with van der Waals surface area (Å²) in [6.07, 6.45) is 0. The maximum absolute atomic E-state index is 10.6. The largest absolute Gasteiger partial charge is 0.475 e. The van der Waals surface area contributed by atoms with Gasteiger partial charge in [-0.15, -0.1) is 0 Å². The molecule has 0 aromatic carbocycles. The molecule has 0 aliphatic rings. The zero-order valence-corrected chi connectivity index (χ0v) is 8.87. The predicted octanol–water partition coefficient (Wildman–Crippen LogP) is 1.02. The van der Waals surface area contributed by atoms with Crippen molar-refractivity contribution in [1.82, 2.24) is 5.32 Å². The summed E-state index contributed by atoms with van der Waals surface area (Å²) in [6.45, 7) is 3.69. The molecule has 0 aliphatic carbocycles. The summed E-state index contributed by atoms with van der Waals surface area (Å²) in [5.41, 5.74) is 0.864. The Hall–Kier alpha value is -1.33. The predicted molar refractivity (Wildman–Crippen MR) is 54.0 cm³/mol. The molecule has 1 heterocycles. The zero-order valence-electron chi connectivity index (χ0n) is 8.87. The van der Waals surface area contributed by atoms with Gasteiger partial charge in [-0.2, -0.15) is 0 Å². The normalized spacial score (nSPS) is 10.5. The average Bonchev–Trinajstić information content (AvgIpc) is 2.55. The molecule has 1 aromatic rings. The SMILES string of the molecule is COCCNCc1cc(C(=O)O)oc1C. The maximum Gasteiger partial charge on any atom is 0.371 e. The molecule has 15 heavy (non-hydrogen) atoms. The third kappa shape index (κ3) is 3.38. The first-order valence-corrected chi connectivity index (χ1v) is 4.67. The summed E-state index contributed by atoms with van der Waals surface area (Å²) < 4.78 is 9.94. The van der Waals surface area contributed by atoms with Crippen molar-refractivity contribution in [1.29, 1.82) is 0 Å². The molecule has 2 N–H and O–H groups in total. The Morgan fingerprint density at radius 3 is 2.93 bits per heavy atom. The first-order valence-electron chi connectivity index (χ1n) is 4.67. The molecule has 1 rings (SSSR count). The number of rotatable bonds is 6. The molecule has 1 aromatic heterocycles. The molecule has 0 aliphatic heterocycles. The summed E-state index contributed by atoms with van der Waals surface area (Å²) in [5.74, 6) is -0.422. The summed E-state index contributed by atoms with van der Waals surface area (Å²) >= 11 is 0. The third-order valence-electron chi connectivity index (χ3n) is 2.03. The van der Waals surface area contributed by atoms with Gasteiger partial charge in [-0.05, 0) is 13.0 Å². The molecule has 0 saturated carbocycles. The lowest BCUT2D eigenvalue weighted by atomic mass is 10.2. The fourth-order valence-corrected chi connectivity index (χ4v) is 1.20. The molecular formula is C10H15NO4. The quantitative estimate of drug-likeness (QED) is 0.690. The Bertz CT molecular complexity index is 332. The van der Waals surface area contributed by atoms with Crippen LogP contribution < -0.4 is 5.32 Å². The minimum atomic E-state index is -1.04. The number of carboxylic acid groups (broad SMARTS) is 1. The summed E-state index contributed by atoms with van der Waals surface area (Å²) in [4.78, 5) is 10.6. The number of hydrogen-bond donors (Lipinski definition) is 2. The number of hydrogen-bond acceptors (Lipinski definition) is 4. The van der Waals surface area contributed by atoms with E-state index in [1.807, 2.05) is 0 Å². The average molecular weight is 213 g/mol. The van der Waals surface area contributed by atoms with Crippen LogP contribution in [0.15, 0.2) is 10.5 Å². The zero-order chi connectivity index (χ0) is 11.3. The number of nitrogens with one attached hydrogen (secondary N) is 1. The smallest absolute Gasteiger partial charge is 0.371 e. The van der Waals surface area contributed by atoms with E-state index < -0.39 is 5.97 Å². The Labute approximate surface area is 88.0 Å². The molecule has 0 unspecified atom stereocenters. The Kier molecular flexibility index (Phi) is 4.33. The molecule has 0 bridgehead atoms. The Balaban J connectivity index is 2.50. The molecule has 0 atom stereocenters. The van der Waals surface area contributed by atoms with Gasteiger partial charge in [-0.25, -0.2) is 4.79 Å². The molecule has 5 nitrogen and oxygen atoms in total. The molecule has 0 saturated heterocycles. The first kappa shape index (κ1) is 11.7. The van der Waals surface area contributed by atoms with Gasteiger partial charge in [0.2, 0.25) is 5.76 Å². The molecule has 0 amide bonds. The van der Waals surface area contributed by atoms with E-state index in [2.05, 4.69) is 5.32 Å². The van der Waals surface area contributed by atoms with Crippen molar-refractivity contribution in [3.05, 3.63) is 23.2 Å². The van der Waals surface area contributed by atoms with Crippen LogP contribution in [-0.4, -0.2) is 31.3 Å². The maximum atomic E-state index is 10.6. The van der Waals surface area contributed by atoms with Crippen LogP contribution >= 0.6 is 0 Å². The lowest BCUT2D eigenvalue weighted by Crippen LogP contribution is -2.18. The Morgan fingerprint density at radius 1 is 1.67 bits per heavy atom. The van der Waals surface area contributed by atoms with E-state index in [0.717, 1.165) is 12.1 Å². The van der Waals surface area contributed by atoms with E-state index >= 15 is 0 Å². The van der Waals surface area contributed by atoms with Crippen molar-refractivity contribution in [2.45, 2.75) is 13.5 Å². The Morgan fingerprint density at radius 2 is 2.40 bits per heavy atom. The number of aromatic carboxylic acids is 1. The monoisotopic (exact) mass is 213 g/mol. The topological polar surface area (TPSA) is 71.7 Å². The first-order chi connectivity index (χ1) is 7.15. The number of methoxy groups -OCH3 is 1. The van der Waals surface area contributed by atoms with Crippen LogP contribution in [0.3, 0.4) is 0 Å². The van der Waals surface area contributed by atoms with Gasteiger partial charge in [-0.3, -0.25) is 0 Å². The van der Waals surface area contributed by atoms with E-state index in [4.69, 9.17) is 14.3 Å². The number of carboxylic acids is 1. The number of furan rings is 1. The van der Waals surface area contributed by atoms with Gasteiger partial charge in [0.1, 0.15) is 5.76 Å². The molecular weight excluding hydrogens is 198 g/mol. The van der Waals surface area contributed by atoms with Gasteiger partial charge in [0.15, 0.2) is 0 Å². The summed E-state index contributed by atoms with van der Waals surface area (Å²) in [7, 11) is 1.63. The lowest BCUT2D eigenvalue weighted by molar-refractivity contribution is 0.0661. The fraction of sp³-hybridized carbons (Fsp3) is 0.500. The molecule has 0 radical (unpaired) electrons. The summed E-state index contributed by atoms with van der Waals surface area (Å²) in [5, 5.41) is 11.8. The highest BCUT2D eigenvalue weighted by molar-refractivity contribution is 5.84. The van der Waals surface area contributed by atoms with Crippen molar-refractivity contribution in [3.8, 4) is 0 Å². The second-order valence-corrected chi connectivity index (χ2v) is 3.17. The van der Waals surface area contributed by atoms with E-state index in [1.54, 1.807) is 14.0 Å². The van der Waals surface area contributed by atoms with Crippen molar-refractivity contribution >= 4 is 5.97 Å². The van der Waals surface area contributed by atoms with E-state index in [-0.39, 0.29) is 5.76 Å². The fourth-order valence-electron chi connectivity index (χ4n) is 1.20. The van der Waals surface area contributed by atoms with Gasteiger partial charge in [0.05, 0.1) is 6.61 Å². The van der Waals surface area contributed by atoms with E-state index in [1.165, 1.54) is 6.07 Å². The third-order valence-corrected chi connectivity index (χ3v) is 2.03. The summed E-state index contributed by atoms with van der Waals surface area (Å²) in [6, 6.07) is 1.54. The minimum absolute atomic E-state index is 0.0176. The van der Waals surface area contributed by atoms with Crippen molar-refractivity contribution in [3.63, 3.8) is 0 Å². The van der Waals surface area contributed by atoms with E-state index in [0.29, 0.717) is 18.9 Å². The second-order valence-electron chi connectivity index (χ2n) is 3.17. The molecule has 0 fully saturated rings. The molecule has 5 heteroatoms. The molecule has 0 spiro atoms. The van der Waals surface area contributed by atoms with Crippen molar-refractivity contribution in [2.75, 3.05) is 20.3 Å². The highest BCUT2D eigenvalue weighted by atomic mass is 16.5. The lowest BCUT2D eigenvalue weighted by Gasteiger charge is -2.01. The van der Waals surface area contributed by atoms with Gasteiger partial charge < -0.3 is 19.6 Å². The van der Waals surface area contributed by atoms with Crippen LogP contribution in [0.4, 0.5) is 0 Å². The van der Waals surface area contributed by atoms with Crippen LogP contribution in [0.25, 0.3) is 0 Å². The number of carbonyl (C=O) groups is 1. The van der Waals surface area contributed by atoms with Gasteiger partial charge >= 0.3 is 5.97 Å². The van der Waals surface area contributed by atoms with Gasteiger partial charge in [0, 0.05) is 25.8 Å². The minimum Gasteiger partial charge on any atom is -0.475 e.